The number of hydrogen-bond acceptors (Lipinski definition) is 4. The Morgan fingerprint density at radius 3 is 2.52 bits per heavy atom. The molecule has 2 aliphatic heterocycles. The van der Waals surface area contributed by atoms with Gasteiger partial charge in [0.2, 0.25) is 0 Å². The molecule has 0 saturated carbocycles. The first-order chi connectivity index (χ1) is 10.9. The van der Waals surface area contributed by atoms with Crippen LogP contribution in [0.4, 0.5) is 8.78 Å². The zero-order valence-electron chi connectivity index (χ0n) is 13.6. The lowest BCUT2D eigenvalue weighted by Crippen LogP contribution is -2.45. The molecular weight excluding hydrogens is 302 g/mol. The lowest BCUT2D eigenvalue weighted by molar-refractivity contribution is -0.286. The molecule has 0 aromatic heterocycles. The van der Waals surface area contributed by atoms with Gasteiger partial charge in [0.1, 0.15) is 0 Å². The van der Waals surface area contributed by atoms with Crippen LogP contribution >= 0.6 is 0 Å². The summed E-state index contributed by atoms with van der Waals surface area (Å²) in [6, 6.07) is 5.42. The minimum Gasteiger partial charge on any atom is -0.395 e. The molecule has 1 atom stereocenters. The van der Waals surface area contributed by atoms with Crippen molar-refractivity contribution in [2.75, 3.05) is 26.2 Å². The zero-order valence-corrected chi connectivity index (χ0v) is 13.6. The van der Waals surface area contributed by atoms with E-state index in [-0.39, 0.29) is 17.5 Å². The maximum atomic E-state index is 13.2. The molecule has 4 nitrogen and oxygen atoms in total. The summed E-state index contributed by atoms with van der Waals surface area (Å²) in [6.07, 6.45) is -1.45. The van der Waals surface area contributed by atoms with Crippen LogP contribution < -0.4 is 14.8 Å². The van der Waals surface area contributed by atoms with Gasteiger partial charge in [0.05, 0.1) is 0 Å². The van der Waals surface area contributed by atoms with Crippen LogP contribution in [0.15, 0.2) is 18.2 Å². The smallest absolute Gasteiger partial charge is 0.395 e. The molecule has 3 rings (SSSR count). The number of rotatable bonds is 5. The molecule has 6 heteroatoms. The molecule has 2 aliphatic rings. The third-order valence-electron chi connectivity index (χ3n) is 4.42. The summed E-state index contributed by atoms with van der Waals surface area (Å²) in [5.41, 5.74) is 1.02. The first kappa shape index (κ1) is 16.5. The van der Waals surface area contributed by atoms with E-state index in [9.17, 15) is 8.78 Å². The van der Waals surface area contributed by atoms with Crippen LogP contribution in [0.5, 0.6) is 11.5 Å². The molecule has 2 heterocycles. The topological polar surface area (TPSA) is 33.7 Å². The van der Waals surface area contributed by atoms with Gasteiger partial charge in [0.25, 0.3) is 0 Å². The fourth-order valence-electron chi connectivity index (χ4n) is 3.22. The molecule has 0 radical (unpaired) electrons. The summed E-state index contributed by atoms with van der Waals surface area (Å²) < 4.78 is 35.5. The summed E-state index contributed by atoms with van der Waals surface area (Å²) in [6.45, 7) is 8.26. The van der Waals surface area contributed by atoms with E-state index in [0.29, 0.717) is 5.92 Å². The standard InChI is InChI=1S/C17H24F2N2O2/c1-12(2)3-5-14(21-9-7-20-8-10-21)13-4-6-15-16(11-13)23-17(18,19)22-15/h4,6,11-12,14,20H,3,5,7-10H2,1-2H3/t14-/m0/s1. The first-order valence-electron chi connectivity index (χ1n) is 8.29. The predicted octanol–water partition coefficient (Wildman–Crippen LogP) is 3.39. The summed E-state index contributed by atoms with van der Waals surface area (Å²) >= 11 is 0. The van der Waals surface area contributed by atoms with Gasteiger partial charge in [-0.25, -0.2) is 0 Å². The molecule has 0 spiro atoms. The van der Waals surface area contributed by atoms with Crippen LogP contribution in [0.1, 0.15) is 38.3 Å². The maximum Gasteiger partial charge on any atom is 0.586 e. The van der Waals surface area contributed by atoms with E-state index in [1.807, 2.05) is 6.07 Å². The molecule has 1 saturated heterocycles. The number of ether oxygens (including phenoxy) is 2. The van der Waals surface area contributed by atoms with Crippen molar-refractivity contribution in [2.45, 2.75) is 39.0 Å². The summed E-state index contributed by atoms with van der Waals surface area (Å²) in [4.78, 5) is 2.43. The number of piperazine rings is 1. The van der Waals surface area contributed by atoms with Crippen LogP contribution in [-0.2, 0) is 0 Å². The van der Waals surface area contributed by atoms with E-state index in [1.54, 1.807) is 12.1 Å². The van der Waals surface area contributed by atoms with Gasteiger partial charge in [-0.3, -0.25) is 4.90 Å². The van der Waals surface area contributed by atoms with E-state index in [2.05, 4.69) is 33.5 Å². The minimum absolute atomic E-state index is 0.113. The summed E-state index contributed by atoms with van der Waals surface area (Å²) in [7, 11) is 0. The molecule has 1 aromatic rings. The fraction of sp³-hybridized carbons (Fsp3) is 0.647. The number of halogens is 2. The Labute approximate surface area is 135 Å². The fourth-order valence-corrected chi connectivity index (χ4v) is 3.22. The highest BCUT2D eigenvalue weighted by Crippen LogP contribution is 2.43. The van der Waals surface area contributed by atoms with Gasteiger partial charge in [0, 0.05) is 32.2 Å². The molecule has 1 fully saturated rings. The Morgan fingerprint density at radius 2 is 1.83 bits per heavy atom. The van der Waals surface area contributed by atoms with Gasteiger partial charge in [0.15, 0.2) is 11.5 Å². The highest BCUT2D eigenvalue weighted by molar-refractivity contribution is 5.46. The Balaban J connectivity index is 1.81. The summed E-state index contributed by atoms with van der Waals surface area (Å²) in [5, 5.41) is 3.35. The Morgan fingerprint density at radius 1 is 1.13 bits per heavy atom. The van der Waals surface area contributed by atoms with E-state index >= 15 is 0 Å². The minimum atomic E-state index is -3.55. The normalized spacial score (nSPS) is 21.6. The van der Waals surface area contributed by atoms with Gasteiger partial charge in [-0.2, -0.15) is 0 Å². The van der Waals surface area contributed by atoms with E-state index in [4.69, 9.17) is 0 Å². The molecule has 128 valence electrons. The lowest BCUT2D eigenvalue weighted by Gasteiger charge is -2.35. The van der Waals surface area contributed by atoms with Crippen LogP contribution in [-0.4, -0.2) is 37.4 Å². The first-order valence-corrected chi connectivity index (χ1v) is 8.29. The van der Waals surface area contributed by atoms with Crippen LogP contribution in [0.2, 0.25) is 0 Å². The van der Waals surface area contributed by atoms with Crippen molar-refractivity contribution in [2.24, 2.45) is 5.92 Å². The molecule has 1 aromatic carbocycles. The highest BCUT2D eigenvalue weighted by Gasteiger charge is 2.43. The van der Waals surface area contributed by atoms with E-state index in [0.717, 1.165) is 44.6 Å². The van der Waals surface area contributed by atoms with Crippen molar-refractivity contribution in [1.82, 2.24) is 10.2 Å². The number of nitrogens with zero attached hydrogens (tertiary/aromatic N) is 1. The van der Waals surface area contributed by atoms with Crippen LogP contribution in [0.3, 0.4) is 0 Å². The van der Waals surface area contributed by atoms with Gasteiger partial charge < -0.3 is 14.8 Å². The maximum absolute atomic E-state index is 13.2. The third kappa shape index (κ3) is 3.93. The van der Waals surface area contributed by atoms with Crippen molar-refractivity contribution in [3.05, 3.63) is 23.8 Å². The van der Waals surface area contributed by atoms with Crippen molar-refractivity contribution in [3.8, 4) is 11.5 Å². The number of alkyl halides is 2. The Kier molecular flexibility index (Phi) is 4.73. The van der Waals surface area contributed by atoms with Gasteiger partial charge in [-0.1, -0.05) is 19.9 Å². The number of nitrogens with one attached hydrogen (secondary N) is 1. The second-order valence-corrected chi connectivity index (χ2v) is 6.65. The van der Waals surface area contributed by atoms with Gasteiger partial charge in [-0.15, -0.1) is 8.78 Å². The molecule has 0 amide bonds. The van der Waals surface area contributed by atoms with E-state index in [1.165, 1.54) is 0 Å². The average Bonchev–Trinajstić information content (AvgIpc) is 2.81. The second-order valence-electron chi connectivity index (χ2n) is 6.65. The lowest BCUT2D eigenvalue weighted by atomic mass is 9.95. The zero-order chi connectivity index (χ0) is 16.4. The van der Waals surface area contributed by atoms with Crippen molar-refractivity contribution in [1.29, 1.82) is 0 Å². The quantitative estimate of drug-likeness (QED) is 0.899. The Bertz CT molecular complexity index is 545. The monoisotopic (exact) mass is 326 g/mol. The van der Waals surface area contributed by atoms with Gasteiger partial charge in [-0.05, 0) is 36.5 Å². The number of benzene rings is 1. The molecule has 0 aliphatic carbocycles. The molecule has 1 N–H and O–H groups in total. The number of fused-ring (bicyclic) bond motifs is 1. The average molecular weight is 326 g/mol. The largest absolute Gasteiger partial charge is 0.586 e. The van der Waals surface area contributed by atoms with E-state index < -0.39 is 6.29 Å². The Hall–Kier alpha value is -1.40. The van der Waals surface area contributed by atoms with Gasteiger partial charge >= 0.3 is 6.29 Å². The SMILES string of the molecule is CC(C)CC[C@@H](c1ccc2c(c1)OC(F)(F)O2)N1CCNCC1. The molecule has 0 bridgehead atoms. The predicted molar refractivity (Wildman–Crippen MR) is 83.9 cm³/mol. The van der Waals surface area contributed by atoms with Crippen molar-refractivity contribution >= 4 is 0 Å². The van der Waals surface area contributed by atoms with Crippen molar-refractivity contribution in [3.63, 3.8) is 0 Å². The van der Waals surface area contributed by atoms with Crippen LogP contribution in [0.25, 0.3) is 0 Å². The number of hydrogen-bond donors (Lipinski definition) is 1. The molecular formula is C17H24F2N2O2. The third-order valence-corrected chi connectivity index (χ3v) is 4.42. The summed E-state index contributed by atoms with van der Waals surface area (Å²) in [5.74, 6) is 0.859. The highest BCUT2D eigenvalue weighted by atomic mass is 19.3. The van der Waals surface area contributed by atoms with Crippen molar-refractivity contribution < 1.29 is 18.3 Å². The van der Waals surface area contributed by atoms with Crippen LogP contribution in [0, 0.1) is 5.92 Å². The second kappa shape index (κ2) is 6.61. The molecule has 23 heavy (non-hydrogen) atoms. The molecule has 0 unspecified atom stereocenters.